The number of nitrogens with zero attached hydrogens (tertiary/aromatic N) is 3. The number of non-ortho nitro benzene ring substituents is 1. The maximum atomic E-state index is 13.3. The van der Waals surface area contributed by atoms with Gasteiger partial charge in [0, 0.05) is 31.8 Å². The van der Waals surface area contributed by atoms with Crippen LogP contribution in [0.3, 0.4) is 0 Å². The van der Waals surface area contributed by atoms with Crippen molar-refractivity contribution in [1.29, 1.82) is 0 Å². The summed E-state index contributed by atoms with van der Waals surface area (Å²) in [4.78, 5) is 12.2. The molecule has 0 spiro atoms. The van der Waals surface area contributed by atoms with Crippen LogP contribution in [0.5, 0.6) is 0 Å². The molecule has 1 fully saturated rings. The molecule has 29 heavy (non-hydrogen) atoms. The van der Waals surface area contributed by atoms with Gasteiger partial charge in [0.05, 0.1) is 41.4 Å². The SMILES string of the molecule is O=[N+]([O-])c1ccc(S(=O)(=O)N(CC(O)CN2CCOCC2)c2ccccc2)cc1. The topological polar surface area (TPSA) is 113 Å². The van der Waals surface area contributed by atoms with Gasteiger partial charge in [-0.2, -0.15) is 0 Å². The molecule has 1 aliphatic heterocycles. The lowest BCUT2D eigenvalue weighted by molar-refractivity contribution is -0.384. The largest absolute Gasteiger partial charge is 0.390 e. The Morgan fingerprint density at radius 1 is 1.10 bits per heavy atom. The van der Waals surface area contributed by atoms with Crippen molar-refractivity contribution in [3.8, 4) is 0 Å². The first-order valence-corrected chi connectivity index (χ1v) is 10.6. The number of aliphatic hydroxyl groups excluding tert-OH is 1. The molecule has 1 N–H and O–H groups in total. The van der Waals surface area contributed by atoms with Crippen molar-refractivity contribution >= 4 is 21.4 Å². The lowest BCUT2D eigenvalue weighted by Crippen LogP contribution is -2.46. The minimum Gasteiger partial charge on any atom is -0.390 e. The van der Waals surface area contributed by atoms with Gasteiger partial charge >= 0.3 is 0 Å². The summed E-state index contributed by atoms with van der Waals surface area (Å²) >= 11 is 0. The molecule has 0 aromatic heterocycles. The number of nitro benzene ring substituents is 1. The molecule has 9 nitrogen and oxygen atoms in total. The number of aliphatic hydroxyl groups is 1. The standard InChI is InChI=1S/C19H23N3O6S/c23-18(14-20-10-12-28-13-11-20)15-21(16-4-2-1-3-5-16)29(26,27)19-8-6-17(7-9-19)22(24)25/h1-9,18,23H,10-15H2. The molecule has 1 unspecified atom stereocenters. The van der Waals surface area contributed by atoms with E-state index in [9.17, 15) is 23.6 Å². The van der Waals surface area contributed by atoms with Crippen molar-refractivity contribution < 1.29 is 23.2 Å². The van der Waals surface area contributed by atoms with E-state index in [1.54, 1.807) is 30.3 Å². The number of hydrogen-bond donors (Lipinski definition) is 1. The molecule has 10 heteroatoms. The van der Waals surface area contributed by atoms with E-state index in [0.29, 0.717) is 38.5 Å². The molecule has 0 saturated carbocycles. The van der Waals surface area contributed by atoms with Gasteiger partial charge in [0.15, 0.2) is 0 Å². The summed E-state index contributed by atoms with van der Waals surface area (Å²) in [7, 11) is -4.02. The number of β-amino-alcohol motifs (C(OH)–C–C–N with tert-alkyl or cyclic N) is 1. The minimum atomic E-state index is -4.02. The monoisotopic (exact) mass is 421 g/mol. The number of benzene rings is 2. The van der Waals surface area contributed by atoms with Gasteiger partial charge in [-0.05, 0) is 24.3 Å². The molecule has 1 atom stereocenters. The highest BCUT2D eigenvalue weighted by molar-refractivity contribution is 7.92. The average molecular weight is 421 g/mol. The van der Waals surface area contributed by atoms with Crippen LogP contribution in [0.25, 0.3) is 0 Å². The lowest BCUT2D eigenvalue weighted by atomic mass is 10.2. The first-order chi connectivity index (χ1) is 13.9. The van der Waals surface area contributed by atoms with Gasteiger partial charge in [0.1, 0.15) is 0 Å². The van der Waals surface area contributed by atoms with Crippen LogP contribution in [0.15, 0.2) is 59.5 Å². The smallest absolute Gasteiger partial charge is 0.269 e. The van der Waals surface area contributed by atoms with Crippen LogP contribution in [0.4, 0.5) is 11.4 Å². The second-order valence-electron chi connectivity index (χ2n) is 6.69. The number of anilines is 1. The second-order valence-corrected chi connectivity index (χ2v) is 8.55. The summed E-state index contributed by atoms with van der Waals surface area (Å²) in [6.45, 7) is 2.70. The Morgan fingerprint density at radius 2 is 1.72 bits per heavy atom. The third-order valence-corrected chi connectivity index (χ3v) is 6.44. The van der Waals surface area contributed by atoms with E-state index in [-0.39, 0.29) is 17.1 Å². The molecule has 0 bridgehead atoms. The fourth-order valence-corrected chi connectivity index (χ4v) is 4.64. The maximum Gasteiger partial charge on any atom is 0.269 e. The van der Waals surface area contributed by atoms with Crippen LogP contribution in [-0.2, 0) is 14.8 Å². The zero-order valence-electron chi connectivity index (χ0n) is 15.8. The van der Waals surface area contributed by atoms with Crippen LogP contribution in [0.2, 0.25) is 0 Å². The summed E-state index contributed by atoms with van der Waals surface area (Å²) in [6, 6.07) is 13.2. The fraction of sp³-hybridized carbons (Fsp3) is 0.368. The molecule has 1 heterocycles. The van der Waals surface area contributed by atoms with Crippen LogP contribution in [0.1, 0.15) is 0 Å². The van der Waals surface area contributed by atoms with Crippen LogP contribution in [-0.4, -0.2) is 68.8 Å². The van der Waals surface area contributed by atoms with Crippen molar-refractivity contribution in [2.75, 3.05) is 43.7 Å². The van der Waals surface area contributed by atoms with Crippen molar-refractivity contribution in [2.24, 2.45) is 0 Å². The van der Waals surface area contributed by atoms with Gasteiger partial charge in [-0.25, -0.2) is 8.42 Å². The number of ether oxygens (including phenoxy) is 1. The number of para-hydroxylation sites is 1. The molecule has 3 rings (SSSR count). The zero-order valence-corrected chi connectivity index (χ0v) is 16.6. The summed E-state index contributed by atoms with van der Waals surface area (Å²) in [5, 5.41) is 21.4. The molecule has 2 aromatic rings. The van der Waals surface area contributed by atoms with Crippen LogP contribution in [0, 0.1) is 10.1 Å². The van der Waals surface area contributed by atoms with Crippen LogP contribution >= 0.6 is 0 Å². The number of nitro groups is 1. The fourth-order valence-electron chi connectivity index (χ4n) is 3.13. The van der Waals surface area contributed by atoms with Gasteiger partial charge < -0.3 is 9.84 Å². The van der Waals surface area contributed by atoms with Gasteiger partial charge in [0.2, 0.25) is 0 Å². The Balaban J connectivity index is 1.85. The number of morpholine rings is 1. The highest BCUT2D eigenvalue weighted by atomic mass is 32.2. The van der Waals surface area contributed by atoms with Crippen molar-refractivity contribution in [2.45, 2.75) is 11.0 Å². The highest BCUT2D eigenvalue weighted by Gasteiger charge is 2.28. The van der Waals surface area contributed by atoms with Gasteiger partial charge in [-0.1, -0.05) is 18.2 Å². The number of hydrogen-bond acceptors (Lipinski definition) is 7. The molecule has 0 radical (unpaired) electrons. The van der Waals surface area contributed by atoms with Crippen molar-refractivity contribution in [3.63, 3.8) is 0 Å². The first kappa shape index (κ1) is 21.2. The van der Waals surface area contributed by atoms with E-state index in [1.807, 2.05) is 4.90 Å². The van der Waals surface area contributed by atoms with Gasteiger partial charge in [-0.15, -0.1) is 0 Å². The molecule has 156 valence electrons. The third-order valence-electron chi connectivity index (χ3n) is 4.63. The third kappa shape index (κ3) is 5.30. The number of rotatable bonds is 8. The molecule has 2 aromatic carbocycles. The highest BCUT2D eigenvalue weighted by Crippen LogP contribution is 2.25. The number of sulfonamides is 1. The Kier molecular flexibility index (Phi) is 6.80. The second kappa shape index (κ2) is 9.31. The summed E-state index contributed by atoms with van der Waals surface area (Å²) in [6.07, 6.45) is -0.916. The molecule has 0 amide bonds. The Morgan fingerprint density at radius 3 is 2.31 bits per heavy atom. The molecular formula is C19H23N3O6S. The summed E-state index contributed by atoms with van der Waals surface area (Å²) in [5.41, 5.74) is 0.217. The predicted molar refractivity (Wildman–Crippen MR) is 107 cm³/mol. The van der Waals surface area contributed by atoms with E-state index in [0.717, 1.165) is 16.4 Å². The predicted octanol–water partition coefficient (Wildman–Crippen LogP) is 1.48. The van der Waals surface area contributed by atoms with E-state index in [1.165, 1.54) is 12.1 Å². The van der Waals surface area contributed by atoms with Crippen molar-refractivity contribution in [1.82, 2.24) is 4.90 Å². The molecular weight excluding hydrogens is 398 g/mol. The van der Waals surface area contributed by atoms with E-state index in [4.69, 9.17) is 4.74 Å². The quantitative estimate of drug-likeness (QED) is 0.507. The Bertz CT molecular complexity index is 915. The van der Waals surface area contributed by atoms with Crippen molar-refractivity contribution in [3.05, 3.63) is 64.7 Å². The van der Waals surface area contributed by atoms with Gasteiger partial charge in [0.25, 0.3) is 15.7 Å². The Labute approximate surface area is 169 Å². The van der Waals surface area contributed by atoms with Gasteiger partial charge in [-0.3, -0.25) is 19.3 Å². The van der Waals surface area contributed by atoms with E-state index >= 15 is 0 Å². The average Bonchev–Trinajstić information content (AvgIpc) is 2.73. The first-order valence-electron chi connectivity index (χ1n) is 9.18. The maximum absolute atomic E-state index is 13.3. The minimum absolute atomic E-state index is 0.0782. The van der Waals surface area contributed by atoms with Crippen LogP contribution < -0.4 is 4.31 Å². The molecule has 0 aliphatic carbocycles. The lowest BCUT2D eigenvalue weighted by Gasteiger charge is -2.31. The Hall–Kier alpha value is -2.53. The van der Waals surface area contributed by atoms with E-state index < -0.39 is 21.1 Å². The molecule has 1 aliphatic rings. The van der Waals surface area contributed by atoms with E-state index in [2.05, 4.69) is 0 Å². The zero-order chi connectivity index (χ0) is 20.9. The molecule has 1 saturated heterocycles. The summed E-state index contributed by atoms with van der Waals surface area (Å²) in [5.74, 6) is 0. The normalized spacial score (nSPS) is 16.3. The summed E-state index contributed by atoms with van der Waals surface area (Å²) < 4.78 is 32.9.